The molecule has 24 heavy (non-hydrogen) atoms. The normalized spacial score (nSPS) is 18.2. The molecule has 1 N–H and O–H groups in total. The number of fused-ring (bicyclic) bond motifs is 2. The SMILES string of the molecule is CC1CNN=C(c2ccc([N+](=O)[O-])cc2)c2cc3c(cc21)OCO3. The van der Waals surface area contributed by atoms with Crippen molar-refractivity contribution >= 4 is 11.4 Å². The lowest BCUT2D eigenvalue weighted by atomic mass is 9.90. The van der Waals surface area contributed by atoms with Gasteiger partial charge in [0, 0.05) is 35.7 Å². The zero-order valence-corrected chi connectivity index (χ0v) is 13.0. The van der Waals surface area contributed by atoms with Crippen LogP contribution in [0.3, 0.4) is 0 Å². The Hall–Kier alpha value is -3.09. The van der Waals surface area contributed by atoms with Crippen LogP contribution in [0, 0.1) is 10.1 Å². The van der Waals surface area contributed by atoms with E-state index in [1.54, 1.807) is 12.1 Å². The fraction of sp³-hybridized carbons (Fsp3) is 0.235. The predicted octanol–water partition coefficient (Wildman–Crippen LogP) is 2.78. The molecule has 0 saturated heterocycles. The monoisotopic (exact) mass is 325 g/mol. The van der Waals surface area contributed by atoms with Crippen molar-refractivity contribution in [1.29, 1.82) is 0 Å². The molecule has 0 saturated carbocycles. The molecule has 0 amide bonds. The molecule has 0 aromatic heterocycles. The standard InChI is InChI=1S/C17H15N3O4/c1-10-8-18-19-17(11-2-4-12(5-3-11)20(21)22)14-7-16-15(6-13(10)14)23-9-24-16/h2-7,10,18H,8-9H2,1H3. The lowest BCUT2D eigenvalue weighted by molar-refractivity contribution is -0.384. The molecule has 7 nitrogen and oxygen atoms in total. The van der Waals surface area contributed by atoms with Gasteiger partial charge in [0.2, 0.25) is 6.79 Å². The molecule has 0 spiro atoms. The largest absolute Gasteiger partial charge is 0.454 e. The molecule has 2 aliphatic rings. The molecule has 0 aliphatic carbocycles. The van der Waals surface area contributed by atoms with Crippen LogP contribution in [0.1, 0.15) is 29.5 Å². The highest BCUT2D eigenvalue weighted by atomic mass is 16.7. The Morgan fingerprint density at radius 2 is 1.92 bits per heavy atom. The van der Waals surface area contributed by atoms with Gasteiger partial charge in [-0.15, -0.1) is 0 Å². The number of hydrogen-bond donors (Lipinski definition) is 1. The van der Waals surface area contributed by atoms with Crippen LogP contribution in [0.15, 0.2) is 41.5 Å². The van der Waals surface area contributed by atoms with Crippen LogP contribution in [0.5, 0.6) is 11.5 Å². The summed E-state index contributed by atoms with van der Waals surface area (Å²) in [7, 11) is 0. The number of rotatable bonds is 2. The fourth-order valence-corrected chi connectivity index (χ4v) is 2.96. The van der Waals surface area contributed by atoms with Crippen molar-refractivity contribution in [3.8, 4) is 11.5 Å². The van der Waals surface area contributed by atoms with Gasteiger partial charge >= 0.3 is 0 Å². The number of ether oxygens (including phenoxy) is 2. The van der Waals surface area contributed by atoms with Crippen molar-refractivity contribution in [3.05, 3.63) is 63.2 Å². The minimum Gasteiger partial charge on any atom is -0.454 e. The molecule has 4 rings (SSSR count). The number of hydrazone groups is 1. The van der Waals surface area contributed by atoms with Crippen molar-refractivity contribution < 1.29 is 14.4 Å². The van der Waals surface area contributed by atoms with Crippen LogP contribution in [-0.2, 0) is 0 Å². The molecular formula is C17H15N3O4. The van der Waals surface area contributed by atoms with E-state index in [-0.39, 0.29) is 18.4 Å². The van der Waals surface area contributed by atoms with Gasteiger partial charge in [0.15, 0.2) is 11.5 Å². The Morgan fingerprint density at radius 1 is 1.21 bits per heavy atom. The third kappa shape index (κ3) is 2.34. The third-order valence-electron chi connectivity index (χ3n) is 4.27. The maximum atomic E-state index is 10.8. The van der Waals surface area contributed by atoms with Gasteiger partial charge in [-0.3, -0.25) is 10.1 Å². The number of nitrogens with one attached hydrogen (secondary N) is 1. The van der Waals surface area contributed by atoms with E-state index in [9.17, 15) is 10.1 Å². The van der Waals surface area contributed by atoms with Gasteiger partial charge < -0.3 is 14.9 Å². The van der Waals surface area contributed by atoms with Crippen LogP contribution in [0.2, 0.25) is 0 Å². The molecular weight excluding hydrogens is 310 g/mol. The lowest BCUT2D eigenvalue weighted by Gasteiger charge is -2.14. The van der Waals surface area contributed by atoms with E-state index in [2.05, 4.69) is 17.5 Å². The summed E-state index contributed by atoms with van der Waals surface area (Å²) in [6.45, 7) is 3.03. The van der Waals surface area contributed by atoms with E-state index in [0.717, 1.165) is 28.2 Å². The van der Waals surface area contributed by atoms with Crippen LogP contribution in [-0.4, -0.2) is 24.0 Å². The van der Waals surface area contributed by atoms with Crippen molar-refractivity contribution in [3.63, 3.8) is 0 Å². The summed E-state index contributed by atoms with van der Waals surface area (Å²) in [5.74, 6) is 1.68. The molecule has 0 radical (unpaired) electrons. The molecule has 2 heterocycles. The molecule has 7 heteroatoms. The summed E-state index contributed by atoms with van der Waals surface area (Å²) >= 11 is 0. The predicted molar refractivity (Wildman–Crippen MR) is 87.7 cm³/mol. The number of nitro groups is 1. The summed E-state index contributed by atoms with van der Waals surface area (Å²) < 4.78 is 11.0. The van der Waals surface area contributed by atoms with Crippen LogP contribution >= 0.6 is 0 Å². The number of non-ortho nitro benzene ring substituents is 1. The summed E-state index contributed by atoms with van der Waals surface area (Å²) in [5.41, 5.74) is 6.74. The summed E-state index contributed by atoms with van der Waals surface area (Å²) in [4.78, 5) is 10.4. The summed E-state index contributed by atoms with van der Waals surface area (Å²) in [6, 6.07) is 10.3. The van der Waals surface area contributed by atoms with Gasteiger partial charge in [-0.2, -0.15) is 5.10 Å². The highest BCUT2D eigenvalue weighted by Gasteiger charge is 2.25. The molecule has 1 atom stereocenters. The highest BCUT2D eigenvalue weighted by molar-refractivity contribution is 6.14. The molecule has 1 unspecified atom stereocenters. The third-order valence-corrected chi connectivity index (χ3v) is 4.27. The maximum absolute atomic E-state index is 10.8. The van der Waals surface area contributed by atoms with Gasteiger partial charge in [-0.1, -0.05) is 6.92 Å². The van der Waals surface area contributed by atoms with Gasteiger partial charge in [0.05, 0.1) is 10.6 Å². The lowest BCUT2D eigenvalue weighted by Crippen LogP contribution is -2.12. The molecule has 0 fully saturated rings. The van der Waals surface area contributed by atoms with Crippen molar-refractivity contribution in [1.82, 2.24) is 5.43 Å². The number of nitro benzene ring substituents is 1. The Morgan fingerprint density at radius 3 is 2.62 bits per heavy atom. The number of nitrogens with zero attached hydrogens (tertiary/aromatic N) is 2. The zero-order chi connectivity index (χ0) is 16.7. The highest BCUT2D eigenvalue weighted by Crippen LogP contribution is 2.38. The van der Waals surface area contributed by atoms with Gasteiger partial charge in [0.25, 0.3) is 5.69 Å². The summed E-state index contributed by atoms with van der Waals surface area (Å²) in [5, 5.41) is 15.3. The van der Waals surface area contributed by atoms with Crippen LogP contribution in [0.25, 0.3) is 0 Å². The fourth-order valence-electron chi connectivity index (χ4n) is 2.96. The van der Waals surface area contributed by atoms with Crippen molar-refractivity contribution in [2.24, 2.45) is 5.10 Å². The van der Waals surface area contributed by atoms with Crippen LogP contribution < -0.4 is 14.9 Å². The molecule has 0 bridgehead atoms. The Kier molecular flexibility index (Phi) is 3.34. The first kappa shape index (κ1) is 14.5. The summed E-state index contributed by atoms with van der Waals surface area (Å²) in [6.07, 6.45) is 0. The Balaban J connectivity index is 1.83. The molecule has 2 aromatic carbocycles. The van der Waals surface area contributed by atoms with E-state index in [0.29, 0.717) is 12.3 Å². The van der Waals surface area contributed by atoms with Gasteiger partial charge in [0.1, 0.15) is 0 Å². The zero-order valence-electron chi connectivity index (χ0n) is 13.0. The minimum atomic E-state index is -0.412. The second-order valence-corrected chi connectivity index (χ2v) is 5.82. The number of hydrogen-bond acceptors (Lipinski definition) is 6. The smallest absolute Gasteiger partial charge is 0.269 e. The first-order valence-electron chi connectivity index (χ1n) is 7.63. The topological polar surface area (TPSA) is 86.0 Å². The van der Waals surface area contributed by atoms with Crippen molar-refractivity contribution in [2.75, 3.05) is 13.3 Å². The first-order valence-corrected chi connectivity index (χ1v) is 7.63. The average molecular weight is 325 g/mol. The van der Waals surface area contributed by atoms with E-state index in [1.165, 1.54) is 12.1 Å². The first-order chi connectivity index (χ1) is 11.6. The molecule has 2 aromatic rings. The quantitative estimate of drug-likeness (QED) is 0.678. The van der Waals surface area contributed by atoms with E-state index in [1.807, 2.05) is 12.1 Å². The second-order valence-electron chi connectivity index (χ2n) is 5.82. The van der Waals surface area contributed by atoms with E-state index < -0.39 is 4.92 Å². The van der Waals surface area contributed by atoms with E-state index >= 15 is 0 Å². The second kappa shape index (κ2) is 5.52. The molecule has 2 aliphatic heterocycles. The van der Waals surface area contributed by atoms with Crippen molar-refractivity contribution in [2.45, 2.75) is 12.8 Å². The van der Waals surface area contributed by atoms with E-state index in [4.69, 9.17) is 9.47 Å². The molecule has 122 valence electrons. The van der Waals surface area contributed by atoms with Gasteiger partial charge in [-0.25, -0.2) is 0 Å². The Bertz CT molecular complexity index is 846. The maximum Gasteiger partial charge on any atom is 0.269 e. The van der Waals surface area contributed by atoms with Gasteiger partial charge in [-0.05, 0) is 29.8 Å². The minimum absolute atomic E-state index is 0.0557. The van der Waals surface area contributed by atoms with Crippen LogP contribution in [0.4, 0.5) is 5.69 Å². The average Bonchev–Trinajstić information content (AvgIpc) is 2.98. The Labute approximate surface area is 138 Å². The number of benzene rings is 2.